The molecule has 2 aromatic carbocycles. The Bertz CT molecular complexity index is 946. The third-order valence-electron chi connectivity index (χ3n) is 5.08. The summed E-state index contributed by atoms with van der Waals surface area (Å²) in [5.41, 5.74) is 4.15. The van der Waals surface area contributed by atoms with E-state index in [-0.39, 0.29) is 12.1 Å². The van der Waals surface area contributed by atoms with Gasteiger partial charge in [-0.1, -0.05) is 25.1 Å². The molecular formula is C22H23N3O2. The normalized spacial score (nSPS) is 15.5. The maximum absolute atomic E-state index is 13.2. The second-order valence-corrected chi connectivity index (χ2v) is 6.64. The van der Waals surface area contributed by atoms with Crippen LogP contribution in [0.4, 0.5) is 10.5 Å². The Morgan fingerprint density at radius 3 is 2.63 bits per heavy atom. The lowest BCUT2D eigenvalue weighted by Crippen LogP contribution is -2.37. The Morgan fingerprint density at radius 2 is 1.89 bits per heavy atom. The highest BCUT2D eigenvalue weighted by molar-refractivity contribution is 5.89. The van der Waals surface area contributed by atoms with E-state index >= 15 is 0 Å². The van der Waals surface area contributed by atoms with E-state index in [9.17, 15) is 4.79 Å². The van der Waals surface area contributed by atoms with Crippen LogP contribution in [0, 0.1) is 0 Å². The maximum atomic E-state index is 13.2. The van der Waals surface area contributed by atoms with E-state index in [1.54, 1.807) is 7.11 Å². The van der Waals surface area contributed by atoms with Crippen molar-refractivity contribution >= 4 is 11.7 Å². The first-order valence-electron chi connectivity index (χ1n) is 9.18. The summed E-state index contributed by atoms with van der Waals surface area (Å²) in [6.45, 7) is 2.68. The van der Waals surface area contributed by atoms with Gasteiger partial charge in [0.15, 0.2) is 0 Å². The van der Waals surface area contributed by atoms with E-state index in [0.717, 1.165) is 34.8 Å². The molecule has 5 nitrogen and oxygen atoms in total. The molecule has 0 saturated carbocycles. The number of amides is 2. The van der Waals surface area contributed by atoms with E-state index in [0.29, 0.717) is 6.54 Å². The van der Waals surface area contributed by atoms with Crippen LogP contribution in [0.3, 0.4) is 0 Å². The molecule has 1 atom stereocenters. The number of nitrogens with zero attached hydrogens (tertiary/aromatic N) is 2. The van der Waals surface area contributed by atoms with Gasteiger partial charge in [0.1, 0.15) is 5.75 Å². The quantitative estimate of drug-likeness (QED) is 0.715. The second-order valence-electron chi connectivity index (χ2n) is 6.64. The molecule has 0 unspecified atom stereocenters. The van der Waals surface area contributed by atoms with E-state index in [2.05, 4.69) is 41.2 Å². The number of fused-ring (bicyclic) bond motifs is 3. The van der Waals surface area contributed by atoms with Crippen LogP contribution in [0.15, 0.2) is 66.9 Å². The molecule has 1 N–H and O–H groups in total. The summed E-state index contributed by atoms with van der Waals surface area (Å²) in [5, 5.41) is 3.03. The number of urea groups is 1. The third kappa shape index (κ3) is 3.16. The Kier molecular flexibility index (Phi) is 4.59. The zero-order valence-electron chi connectivity index (χ0n) is 15.6. The zero-order chi connectivity index (χ0) is 18.8. The van der Waals surface area contributed by atoms with Crippen molar-refractivity contribution in [3.8, 4) is 11.4 Å². The average molecular weight is 361 g/mol. The number of hydrogen-bond acceptors (Lipinski definition) is 2. The standard InChI is InChI=1S/C22H23N3O2/c1-3-19-21-9-6-14-24(21)20-8-5-4-7-16(20)15-25(19)22(26)23-17-10-12-18(27-2)13-11-17/h4-14,19H,3,15H2,1-2H3,(H,23,26)/t19-/m0/s1. The summed E-state index contributed by atoms with van der Waals surface area (Å²) < 4.78 is 7.38. The lowest BCUT2D eigenvalue weighted by molar-refractivity contribution is 0.181. The second kappa shape index (κ2) is 7.19. The molecule has 3 aromatic rings. The summed E-state index contributed by atoms with van der Waals surface area (Å²) in [6.07, 6.45) is 2.91. The predicted molar refractivity (Wildman–Crippen MR) is 106 cm³/mol. The summed E-state index contributed by atoms with van der Waals surface area (Å²) in [6, 6.07) is 19.7. The zero-order valence-corrected chi connectivity index (χ0v) is 15.6. The van der Waals surface area contributed by atoms with Crippen LogP contribution in [0.5, 0.6) is 5.75 Å². The molecule has 0 bridgehead atoms. The van der Waals surface area contributed by atoms with Crippen LogP contribution in [0.1, 0.15) is 30.6 Å². The van der Waals surface area contributed by atoms with Gasteiger partial charge in [-0.15, -0.1) is 0 Å². The van der Waals surface area contributed by atoms with Crippen LogP contribution in [0.2, 0.25) is 0 Å². The molecule has 1 aliphatic heterocycles. The van der Waals surface area contributed by atoms with Crippen molar-refractivity contribution in [1.29, 1.82) is 0 Å². The van der Waals surface area contributed by atoms with Gasteiger partial charge in [-0.2, -0.15) is 0 Å². The lowest BCUT2D eigenvalue weighted by atomic mass is 10.1. The third-order valence-corrected chi connectivity index (χ3v) is 5.08. The van der Waals surface area contributed by atoms with E-state index in [1.165, 1.54) is 0 Å². The Labute approximate surface area is 159 Å². The average Bonchev–Trinajstić information content (AvgIpc) is 3.13. The number of aromatic nitrogens is 1. The van der Waals surface area contributed by atoms with Crippen molar-refractivity contribution in [2.45, 2.75) is 25.9 Å². The number of carbonyl (C=O) groups excluding carboxylic acids is 1. The van der Waals surface area contributed by atoms with Gasteiger partial charge in [0.25, 0.3) is 0 Å². The van der Waals surface area contributed by atoms with Gasteiger partial charge in [0.2, 0.25) is 0 Å². The monoisotopic (exact) mass is 361 g/mol. The number of carbonyl (C=O) groups is 1. The fraction of sp³-hybridized carbons (Fsp3) is 0.227. The van der Waals surface area contributed by atoms with Gasteiger partial charge in [-0.25, -0.2) is 4.79 Å². The SMILES string of the molecule is CC[C@H]1c2cccn2-c2ccccc2CN1C(=O)Nc1ccc(OC)cc1. The Morgan fingerprint density at radius 1 is 1.11 bits per heavy atom. The molecule has 1 aliphatic rings. The lowest BCUT2D eigenvalue weighted by Gasteiger charge is -2.29. The van der Waals surface area contributed by atoms with Crippen molar-refractivity contribution in [3.63, 3.8) is 0 Å². The highest BCUT2D eigenvalue weighted by Gasteiger charge is 2.30. The molecule has 27 heavy (non-hydrogen) atoms. The number of anilines is 1. The molecule has 138 valence electrons. The minimum Gasteiger partial charge on any atom is -0.497 e. The van der Waals surface area contributed by atoms with Gasteiger partial charge >= 0.3 is 6.03 Å². The topological polar surface area (TPSA) is 46.5 Å². The molecule has 0 aliphatic carbocycles. The first kappa shape index (κ1) is 17.2. The molecule has 0 radical (unpaired) electrons. The Hall–Kier alpha value is -3.21. The summed E-state index contributed by atoms with van der Waals surface area (Å²) >= 11 is 0. The minimum atomic E-state index is -0.100. The largest absolute Gasteiger partial charge is 0.497 e. The number of hydrogen-bond donors (Lipinski definition) is 1. The number of methoxy groups -OCH3 is 1. The van der Waals surface area contributed by atoms with Crippen LogP contribution in [-0.2, 0) is 6.54 Å². The molecular weight excluding hydrogens is 338 g/mol. The number of rotatable bonds is 3. The number of ether oxygens (including phenoxy) is 1. The van der Waals surface area contributed by atoms with E-state index < -0.39 is 0 Å². The summed E-state index contributed by atoms with van der Waals surface area (Å²) in [5.74, 6) is 0.765. The number of para-hydroxylation sites is 1. The van der Waals surface area contributed by atoms with Gasteiger partial charge in [-0.05, 0) is 54.4 Å². The summed E-state index contributed by atoms with van der Waals surface area (Å²) in [4.78, 5) is 15.1. The smallest absolute Gasteiger partial charge is 0.322 e. The van der Waals surface area contributed by atoms with Crippen LogP contribution in [0.25, 0.3) is 5.69 Å². The molecule has 2 heterocycles. The molecule has 4 rings (SSSR count). The molecule has 1 aromatic heterocycles. The first-order valence-corrected chi connectivity index (χ1v) is 9.18. The van der Waals surface area contributed by atoms with Crippen molar-refractivity contribution in [1.82, 2.24) is 9.47 Å². The van der Waals surface area contributed by atoms with Gasteiger partial charge in [0.05, 0.1) is 25.4 Å². The van der Waals surface area contributed by atoms with Crippen LogP contribution in [-0.4, -0.2) is 22.6 Å². The van der Waals surface area contributed by atoms with Crippen LogP contribution < -0.4 is 10.1 Å². The van der Waals surface area contributed by atoms with E-state index in [4.69, 9.17) is 4.74 Å². The highest BCUT2D eigenvalue weighted by Crippen LogP contribution is 2.34. The molecule has 2 amide bonds. The van der Waals surface area contributed by atoms with Gasteiger partial charge in [0, 0.05) is 17.6 Å². The van der Waals surface area contributed by atoms with E-state index in [1.807, 2.05) is 47.4 Å². The van der Waals surface area contributed by atoms with Crippen molar-refractivity contribution in [3.05, 3.63) is 78.1 Å². The molecule has 0 spiro atoms. The highest BCUT2D eigenvalue weighted by atomic mass is 16.5. The molecule has 5 heteroatoms. The fourth-order valence-corrected chi connectivity index (χ4v) is 3.73. The number of nitrogens with one attached hydrogen (secondary N) is 1. The number of benzene rings is 2. The molecule has 0 saturated heterocycles. The predicted octanol–water partition coefficient (Wildman–Crippen LogP) is 4.98. The molecule has 0 fully saturated rings. The Balaban J connectivity index is 1.68. The van der Waals surface area contributed by atoms with Crippen molar-refractivity contribution in [2.75, 3.05) is 12.4 Å². The minimum absolute atomic E-state index is 0.00523. The summed E-state index contributed by atoms with van der Waals surface area (Å²) in [7, 11) is 1.63. The van der Waals surface area contributed by atoms with Gasteiger partial charge in [-0.3, -0.25) is 0 Å². The first-order chi connectivity index (χ1) is 13.2. The van der Waals surface area contributed by atoms with Gasteiger partial charge < -0.3 is 19.5 Å². The fourth-order valence-electron chi connectivity index (χ4n) is 3.73. The van der Waals surface area contributed by atoms with Crippen molar-refractivity contribution < 1.29 is 9.53 Å². The van der Waals surface area contributed by atoms with Crippen molar-refractivity contribution in [2.24, 2.45) is 0 Å². The maximum Gasteiger partial charge on any atom is 0.322 e. The van der Waals surface area contributed by atoms with Crippen LogP contribution >= 0.6 is 0 Å².